The lowest BCUT2D eigenvalue weighted by Gasteiger charge is -2.33. The van der Waals surface area contributed by atoms with Crippen molar-refractivity contribution in [2.75, 3.05) is 31.8 Å². The van der Waals surface area contributed by atoms with Crippen LogP contribution in [0.25, 0.3) is 0 Å². The van der Waals surface area contributed by atoms with Crippen LogP contribution < -0.4 is 22.5 Å². The molecule has 0 radical (unpaired) electrons. The zero-order valence-corrected chi connectivity index (χ0v) is 31.5. The third kappa shape index (κ3) is 10.4. The molecule has 4 unspecified atom stereocenters. The first-order valence-electron chi connectivity index (χ1n) is 17.2. The van der Waals surface area contributed by atoms with Crippen LogP contribution in [0.2, 0.25) is 0 Å². The predicted octanol–water partition coefficient (Wildman–Crippen LogP) is 1.26. The molecular weight excluding hydrogens is 759 g/mol. The van der Waals surface area contributed by atoms with Gasteiger partial charge < -0.3 is 42.1 Å². The minimum atomic E-state index is -2.35. The van der Waals surface area contributed by atoms with E-state index in [-0.39, 0.29) is 38.7 Å². The Morgan fingerprint density at radius 2 is 1.64 bits per heavy atom. The smallest absolute Gasteiger partial charge is 0.333 e. The highest BCUT2D eigenvalue weighted by molar-refractivity contribution is 8.76. The number of ketones is 1. The molecular formula is C32H41N4O14PS2. The van der Waals surface area contributed by atoms with Gasteiger partial charge in [-0.05, 0) is 13.8 Å². The number of aromatic amines is 2. The molecule has 2 aromatic rings. The summed E-state index contributed by atoms with van der Waals surface area (Å²) in [7, 11) is 2.11. The largest absolute Gasteiger partial charge is 0.456 e. The van der Waals surface area contributed by atoms with Gasteiger partial charge in [0.2, 0.25) is 0 Å². The second-order valence-corrected chi connectivity index (χ2v) is 15.9. The molecule has 290 valence electrons. The highest BCUT2D eigenvalue weighted by Gasteiger charge is 2.50. The van der Waals surface area contributed by atoms with E-state index in [1.807, 2.05) is 0 Å². The van der Waals surface area contributed by atoms with Gasteiger partial charge >= 0.3 is 26.0 Å². The van der Waals surface area contributed by atoms with E-state index < -0.39 is 98.2 Å². The van der Waals surface area contributed by atoms with Gasteiger partial charge in [0.1, 0.15) is 36.9 Å². The van der Waals surface area contributed by atoms with E-state index in [4.69, 9.17) is 45.0 Å². The van der Waals surface area contributed by atoms with Gasteiger partial charge in [-0.3, -0.25) is 33.5 Å². The zero-order chi connectivity index (χ0) is 38.9. The van der Waals surface area contributed by atoms with Crippen LogP contribution >= 0.6 is 30.2 Å². The van der Waals surface area contributed by atoms with Crippen molar-refractivity contribution in [2.45, 2.75) is 88.8 Å². The van der Waals surface area contributed by atoms with Crippen LogP contribution in [0.1, 0.15) is 47.4 Å². The topological polar surface area (TPSA) is 218 Å². The highest BCUT2D eigenvalue weighted by Crippen LogP contribution is 2.50. The Bertz CT molecular complexity index is 1890. The van der Waals surface area contributed by atoms with Gasteiger partial charge in [0.05, 0.1) is 31.3 Å². The fraction of sp³-hybridized carbons (Fsp3) is 0.625. The fourth-order valence-corrected chi connectivity index (χ4v) is 9.79. The Kier molecular flexibility index (Phi) is 14.2. The van der Waals surface area contributed by atoms with Gasteiger partial charge in [0.15, 0.2) is 12.3 Å². The van der Waals surface area contributed by atoms with Crippen molar-refractivity contribution in [2.24, 2.45) is 5.92 Å². The first-order chi connectivity index (χ1) is 25.9. The molecule has 0 aromatic carbocycles. The number of terminal acetylenes is 1. The third-order valence-electron chi connectivity index (χ3n) is 8.52. The number of nitrogens with one attached hydrogen (secondary N) is 2. The number of hydrogen-bond donors (Lipinski definition) is 2. The molecule has 5 heterocycles. The second kappa shape index (κ2) is 19.0. The van der Waals surface area contributed by atoms with E-state index in [1.54, 1.807) is 28.5 Å². The van der Waals surface area contributed by atoms with E-state index in [0.717, 1.165) is 10.6 Å². The number of methoxy groups -OCH3 is 1. The van der Waals surface area contributed by atoms with Crippen LogP contribution in [-0.4, -0.2) is 105 Å². The van der Waals surface area contributed by atoms with Gasteiger partial charge in [-0.2, -0.15) is 0 Å². The predicted molar refractivity (Wildman–Crippen MR) is 192 cm³/mol. The van der Waals surface area contributed by atoms with Crippen molar-refractivity contribution in [1.29, 1.82) is 0 Å². The lowest BCUT2D eigenvalue weighted by Crippen LogP contribution is -2.41. The first-order valence-corrected chi connectivity index (χ1v) is 20.0. The van der Waals surface area contributed by atoms with Gasteiger partial charge in [-0.15, -0.1) is 6.42 Å². The molecule has 21 heteroatoms. The second-order valence-electron chi connectivity index (χ2n) is 12.2. The number of esters is 1. The summed E-state index contributed by atoms with van der Waals surface area (Å²) in [4.78, 5) is 77.9. The van der Waals surface area contributed by atoms with Crippen molar-refractivity contribution in [3.05, 3.63) is 66.2 Å². The van der Waals surface area contributed by atoms with Gasteiger partial charge in [-0.1, -0.05) is 34.4 Å². The van der Waals surface area contributed by atoms with E-state index in [1.165, 1.54) is 37.1 Å². The highest BCUT2D eigenvalue weighted by atomic mass is 33.1. The quantitative estimate of drug-likeness (QED) is 0.106. The summed E-state index contributed by atoms with van der Waals surface area (Å²) >= 11 is 0. The van der Waals surface area contributed by atoms with Crippen molar-refractivity contribution in [1.82, 2.24) is 19.1 Å². The van der Waals surface area contributed by atoms with Crippen LogP contribution in [-0.2, 0) is 46.8 Å². The van der Waals surface area contributed by atoms with Gasteiger partial charge in [0.25, 0.3) is 11.1 Å². The monoisotopic (exact) mass is 801 g/mol. The molecule has 11 atom stereocenters. The van der Waals surface area contributed by atoms with E-state index in [0.29, 0.717) is 11.5 Å². The Morgan fingerprint density at radius 1 is 0.981 bits per heavy atom. The molecule has 0 bridgehead atoms. The molecule has 0 spiro atoms. The van der Waals surface area contributed by atoms with Crippen LogP contribution in [0, 0.1) is 18.3 Å². The minimum absolute atomic E-state index is 0.0376. The molecule has 0 aliphatic carbocycles. The standard InChI is InChI=1S/C32H41N4O14PS2/c1-6-13-44-21-15-52-53-16-22(21)49-51(50-26-18(3)29(46-19(26)4)35-11-9-23(38)33-31(35)41)45-14-20-27(48-25(40)8-7-17(2)37)28(43-5)30(47-20)36-12-10-24(39)34-32(36)42/h1,9-12,18-22,26-30H,7-8,13-16H2,2-5H3,(H,33,38,41)(H,34,39,42)/t18-,19+,20+,21+,22?,26?,27?,28-,29+,30+,51?/m0/s1/i4D. The normalized spacial score (nSPS) is 30.7. The average molecular weight is 802 g/mol. The molecule has 3 saturated heterocycles. The molecule has 2 aromatic heterocycles. The number of Topliss-reactive ketones (excluding diaryl/α,β-unsaturated/α-hetero) is 1. The van der Waals surface area contributed by atoms with Crippen LogP contribution in [0.5, 0.6) is 0 Å². The Morgan fingerprint density at radius 3 is 2.25 bits per heavy atom. The number of carbonyl (C=O) groups is 2. The maximum atomic E-state index is 12.9. The summed E-state index contributed by atoms with van der Waals surface area (Å²) in [5.74, 6) is 1.97. The van der Waals surface area contributed by atoms with Crippen LogP contribution in [0.4, 0.5) is 0 Å². The SMILES string of the molecule is [2H]C[C@H]1O[C@@H](n2ccc(=O)[nH]c2=O)[C@@H](C)C1OP(OC[C@H]1O[C@@H](n2ccc(=O)[nH]c2=O)[C@@H](OC)C1OC(=O)CCC(C)=O)OC1CSSC[C@H]1OCC#C. The lowest BCUT2D eigenvalue weighted by molar-refractivity contribution is -0.158. The van der Waals surface area contributed by atoms with Crippen LogP contribution in [0.15, 0.2) is 43.7 Å². The molecule has 0 amide bonds. The zero-order valence-electron chi connectivity index (χ0n) is 30.0. The molecule has 3 aliphatic heterocycles. The number of rotatable bonds is 16. The van der Waals surface area contributed by atoms with Crippen molar-refractivity contribution in [3.8, 4) is 12.3 Å². The summed E-state index contributed by atoms with van der Waals surface area (Å²) in [6.07, 6.45) is -0.445. The molecule has 2 N–H and O–H groups in total. The van der Waals surface area contributed by atoms with E-state index in [2.05, 4.69) is 15.9 Å². The number of H-pyrrole nitrogens is 2. The maximum Gasteiger partial charge on any atom is 0.333 e. The Hall–Kier alpha value is -3.09. The first kappa shape index (κ1) is 39.6. The van der Waals surface area contributed by atoms with Crippen molar-refractivity contribution < 1.29 is 48.2 Å². The Balaban J connectivity index is 1.43. The Labute approximate surface area is 313 Å². The molecule has 18 nitrogen and oxygen atoms in total. The van der Waals surface area contributed by atoms with Gasteiger partial charge in [-0.25, -0.2) is 9.59 Å². The van der Waals surface area contributed by atoms with E-state index in [9.17, 15) is 28.8 Å². The van der Waals surface area contributed by atoms with Crippen molar-refractivity contribution in [3.63, 3.8) is 0 Å². The molecule has 5 rings (SSSR count). The molecule has 53 heavy (non-hydrogen) atoms. The van der Waals surface area contributed by atoms with E-state index >= 15 is 0 Å². The lowest BCUT2D eigenvalue weighted by atomic mass is 10.0. The summed E-state index contributed by atoms with van der Waals surface area (Å²) < 4.78 is 59.4. The molecule has 3 aliphatic rings. The summed E-state index contributed by atoms with van der Waals surface area (Å²) in [5, 5.41) is 0. The van der Waals surface area contributed by atoms with Gasteiger partial charge in [0, 0.05) is 56.9 Å². The number of carbonyl (C=O) groups excluding carboxylic acids is 2. The fourth-order valence-electron chi connectivity index (χ4n) is 5.85. The summed E-state index contributed by atoms with van der Waals surface area (Å²) in [5.41, 5.74) is -2.72. The average Bonchev–Trinajstić information content (AvgIpc) is 3.64. The van der Waals surface area contributed by atoms with Crippen LogP contribution in [0.3, 0.4) is 0 Å². The molecule has 3 fully saturated rings. The minimum Gasteiger partial charge on any atom is -0.456 e. The maximum absolute atomic E-state index is 12.9. The third-order valence-corrected chi connectivity index (χ3v) is 12.2. The molecule has 0 saturated carbocycles. The summed E-state index contributed by atoms with van der Waals surface area (Å²) in [6.45, 7) is 2.54. The number of aromatic nitrogens is 4. The van der Waals surface area contributed by atoms with Crippen molar-refractivity contribution >= 4 is 41.9 Å². The number of hydrogen-bond acceptors (Lipinski definition) is 16. The number of ether oxygens (including phenoxy) is 5. The summed E-state index contributed by atoms with van der Waals surface area (Å²) in [6, 6.07) is 2.31. The number of nitrogens with zero attached hydrogens (tertiary/aromatic N) is 2.